The molecule has 10 heteroatoms. The Balaban J connectivity index is 1.97. The van der Waals surface area contributed by atoms with Crippen LogP contribution < -0.4 is 0 Å². The summed E-state index contributed by atoms with van der Waals surface area (Å²) in [6.07, 6.45) is -9.59. The number of aromatic carboxylic acids is 1. The second-order valence-corrected chi connectivity index (χ2v) is 7.19. The van der Waals surface area contributed by atoms with Crippen molar-refractivity contribution in [2.24, 2.45) is 5.16 Å². The minimum Gasteiger partial charge on any atom is -0.478 e. The second kappa shape index (κ2) is 7.03. The summed E-state index contributed by atoms with van der Waals surface area (Å²) >= 11 is 0. The third-order valence-electron chi connectivity index (χ3n) is 4.77. The smallest absolute Gasteiger partial charge is 0.417 e. The number of rotatable bonds is 3. The number of nitrogens with zero attached hydrogens (tertiary/aromatic N) is 1. The van der Waals surface area contributed by atoms with Crippen LogP contribution >= 0.6 is 0 Å². The van der Waals surface area contributed by atoms with E-state index in [1.54, 1.807) is 0 Å². The van der Waals surface area contributed by atoms with Crippen LogP contribution in [0.2, 0.25) is 0 Å². The third-order valence-corrected chi connectivity index (χ3v) is 4.77. The number of carbonyl (C=O) groups is 1. The molecule has 0 amide bonds. The van der Waals surface area contributed by atoms with Crippen LogP contribution in [-0.4, -0.2) is 16.8 Å². The molecule has 1 atom stereocenters. The maximum Gasteiger partial charge on any atom is 0.417 e. The van der Waals surface area contributed by atoms with Gasteiger partial charge in [0, 0.05) is 12.0 Å². The summed E-state index contributed by atoms with van der Waals surface area (Å²) < 4.78 is 79.2. The summed E-state index contributed by atoms with van der Waals surface area (Å²) in [5, 5.41) is 12.8. The Labute approximate surface area is 166 Å². The van der Waals surface area contributed by atoms with Crippen molar-refractivity contribution >= 4 is 11.7 Å². The van der Waals surface area contributed by atoms with E-state index in [1.807, 2.05) is 0 Å². The van der Waals surface area contributed by atoms with Crippen molar-refractivity contribution in [3.63, 3.8) is 0 Å². The topological polar surface area (TPSA) is 58.9 Å². The number of carboxylic acids is 1. The first kappa shape index (κ1) is 21.7. The van der Waals surface area contributed by atoms with Crippen LogP contribution in [0.15, 0.2) is 41.6 Å². The first-order valence-corrected chi connectivity index (χ1v) is 8.60. The molecule has 0 aromatic heterocycles. The number of carboxylic acid groups (broad SMARTS) is 1. The van der Waals surface area contributed by atoms with Gasteiger partial charge in [0.15, 0.2) is 5.60 Å². The van der Waals surface area contributed by atoms with Crippen LogP contribution in [0.1, 0.15) is 51.5 Å². The third kappa shape index (κ3) is 4.12. The lowest BCUT2D eigenvalue weighted by molar-refractivity contribution is -0.138. The van der Waals surface area contributed by atoms with Gasteiger partial charge in [0.05, 0.1) is 22.4 Å². The van der Waals surface area contributed by atoms with Crippen LogP contribution in [-0.2, 0) is 22.8 Å². The summed E-state index contributed by atoms with van der Waals surface area (Å²) in [6, 6.07) is 6.00. The highest BCUT2D eigenvalue weighted by Crippen LogP contribution is 2.40. The van der Waals surface area contributed by atoms with E-state index in [9.17, 15) is 31.1 Å². The van der Waals surface area contributed by atoms with Crippen LogP contribution in [0.4, 0.5) is 26.3 Å². The maximum atomic E-state index is 13.3. The van der Waals surface area contributed by atoms with E-state index >= 15 is 0 Å². The molecule has 3 rings (SSSR count). The summed E-state index contributed by atoms with van der Waals surface area (Å²) in [7, 11) is 0. The molecule has 30 heavy (non-hydrogen) atoms. The number of aryl methyl sites for hydroxylation is 1. The zero-order chi connectivity index (χ0) is 22.5. The molecule has 2 aromatic carbocycles. The molecule has 1 N–H and O–H groups in total. The fraction of sp³-hybridized carbons (Fsp3) is 0.300. The average Bonchev–Trinajstić information content (AvgIpc) is 3.03. The predicted octanol–water partition coefficient (Wildman–Crippen LogP) is 5.77. The Morgan fingerprint density at radius 2 is 1.73 bits per heavy atom. The van der Waals surface area contributed by atoms with Crippen molar-refractivity contribution in [3.05, 3.63) is 69.8 Å². The summed E-state index contributed by atoms with van der Waals surface area (Å²) in [5.74, 6) is -1.73. The Morgan fingerprint density at radius 1 is 1.07 bits per heavy atom. The highest BCUT2D eigenvalue weighted by atomic mass is 19.4. The monoisotopic (exact) mass is 431 g/mol. The van der Waals surface area contributed by atoms with Gasteiger partial charge in [-0.15, -0.1) is 0 Å². The van der Waals surface area contributed by atoms with E-state index in [0.717, 1.165) is 24.3 Å². The van der Waals surface area contributed by atoms with Crippen LogP contribution in [0.25, 0.3) is 0 Å². The zero-order valence-electron chi connectivity index (χ0n) is 15.6. The van der Waals surface area contributed by atoms with Gasteiger partial charge < -0.3 is 9.94 Å². The van der Waals surface area contributed by atoms with Crippen molar-refractivity contribution in [2.75, 3.05) is 0 Å². The molecule has 0 saturated heterocycles. The minimum atomic E-state index is -4.91. The van der Waals surface area contributed by atoms with Crippen molar-refractivity contribution < 1.29 is 41.1 Å². The van der Waals surface area contributed by atoms with Gasteiger partial charge in [0.1, 0.15) is 0 Å². The summed E-state index contributed by atoms with van der Waals surface area (Å²) in [4.78, 5) is 16.4. The van der Waals surface area contributed by atoms with E-state index in [1.165, 1.54) is 19.9 Å². The van der Waals surface area contributed by atoms with Gasteiger partial charge in [-0.25, -0.2) is 4.79 Å². The molecule has 2 aromatic rings. The van der Waals surface area contributed by atoms with Gasteiger partial charge in [-0.2, -0.15) is 26.3 Å². The summed E-state index contributed by atoms with van der Waals surface area (Å²) in [6.45, 7) is 2.97. The molecular weight excluding hydrogens is 416 g/mol. The summed E-state index contributed by atoms with van der Waals surface area (Å²) in [5.41, 5.74) is -3.92. The lowest BCUT2D eigenvalue weighted by Gasteiger charge is -2.23. The Morgan fingerprint density at radius 3 is 2.30 bits per heavy atom. The van der Waals surface area contributed by atoms with Gasteiger partial charge in [-0.05, 0) is 43.7 Å². The molecule has 0 saturated carbocycles. The fourth-order valence-corrected chi connectivity index (χ4v) is 3.25. The van der Waals surface area contributed by atoms with Crippen molar-refractivity contribution in [1.82, 2.24) is 0 Å². The highest BCUT2D eigenvalue weighted by Gasteiger charge is 2.41. The van der Waals surface area contributed by atoms with E-state index in [0.29, 0.717) is 11.6 Å². The van der Waals surface area contributed by atoms with Gasteiger partial charge in [-0.1, -0.05) is 22.9 Å². The minimum absolute atomic E-state index is 0.0280. The maximum absolute atomic E-state index is 13.3. The number of halogens is 6. The second-order valence-electron chi connectivity index (χ2n) is 7.19. The van der Waals surface area contributed by atoms with Crippen LogP contribution in [0.5, 0.6) is 0 Å². The molecule has 0 aliphatic carbocycles. The molecule has 0 bridgehead atoms. The normalized spacial score (nSPS) is 19.4. The molecule has 0 fully saturated rings. The van der Waals surface area contributed by atoms with Gasteiger partial charge in [0.2, 0.25) is 0 Å². The number of alkyl halides is 6. The SMILES string of the molecule is Cc1cc(C(F)(F)F)cc(C2(C)CC(c3ccc(C(=O)O)c(C(F)(F)F)c3)=NO2)c1. The first-order chi connectivity index (χ1) is 13.7. The largest absolute Gasteiger partial charge is 0.478 e. The van der Waals surface area contributed by atoms with Gasteiger partial charge in [-0.3, -0.25) is 0 Å². The van der Waals surface area contributed by atoms with Crippen molar-refractivity contribution in [3.8, 4) is 0 Å². The zero-order valence-corrected chi connectivity index (χ0v) is 15.6. The number of oxime groups is 1. The molecular formula is C20H15F6NO3. The van der Waals surface area contributed by atoms with Crippen molar-refractivity contribution in [1.29, 1.82) is 0 Å². The van der Waals surface area contributed by atoms with E-state index in [2.05, 4.69) is 5.16 Å². The standard InChI is InChI=1S/C20H15F6NO3/c1-10-5-12(8-13(6-10)19(21,22)23)18(2)9-16(27-30-18)11-3-4-14(17(28)29)15(7-11)20(24,25)26/h3-8H,9H2,1-2H3,(H,28,29). The highest BCUT2D eigenvalue weighted by molar-refractivity contribution is 6.03. The molecule has 0 spiro atoms. The first-order valence-electron chi connectivity index (χ1n) is 8.60. The molecule has 1 unspecified atom stereocenters. The lowest BCUT2D eigenvalue weighted by atomic mass is 9.86. The molecule has 0 radical (unpaired) electrons. The molecule has 1 heterocycles. The molecule has 160 valence electrons. The molecule has 1 aliphatic heterocycles. The van der Waals surface area contributed by atoms with E-state index in [4.69, 9.17) is 9.94 Å². The Kier molecular flexibility index (Phi) is 5.08. The fourth-order valence-electron chi connectivity index (χ4n) is 3.25. The van der Waals surface area contributed by atoms with E-state index < -0.39 is 40.6 Å². The van der Waals surface area contributed by atoms with Gasteiger partial charge >= 0.3 is 18.3 Å². The number of benzene rings is 2. The molecule has 1 aliphatic rings. The predicted molar refractivity (Wildman–Crippen MR) is 94.2 cm³/mol. The average molecular weight is 431 g/mol. The lowest BCUT2D eigenvalue weighted by Crippen LogP contribution is -2.23. The van der Waals surface area contributed by atoms with Crippen LogP contribution in [0.3, 0.4) is 0 Å². The quantitative estimate of drug-likeness (QED) is 0.628. The van der Waals surface area contributed by atoms with Crippen molar-refractivity contribution in [2.45, 2.75) is 38.2 Å². The molecule has 4 nitrogen and oxygen atoms in total. The van der Waals surface area contributed by atoms with Gasteiger partial charge in [0.25, 0.3) is 0 Å². The van der Waals surface area contributed by atoms with E-state index in [-0.39, 0.29) is 23.3 Å². The Hall–Kier alpha value is -3.04. The Bertz CT molecular complexity index is 1040. The number of hydrogen-bond acceptors (Lipinski definition) is 3. The van der Waals surface area contributed by atoms with Crippen LogP contribution in [0, 0.1) is 6.92 Å². The number of hydrogen-bond donors (Lipinski definition) is 1.